The summed E-state index contributed by atoms with van der Waals surface area (Å²) in [7, 11) is 1.77. The normalized spacial score (nSPS) is 13.5. The first-order valence-electron chi connectivity index (χ1n) is 9.26. The van der Waals surface area contributed by atoms with Crippen molar-refractivity contribution in [1.29, 1.82) is 0 Å². The second-order valence-corrected chi connectivity index (χ2v) is 6.47. The van der Waals surface area contributed by atoms with Crippen molar-refractivity contribution in [2.45, 2.75) is 12.8 Å². The predicted molar refractivity (Wildman–Crippen MR) is 124 cm³/mol. The van der Waals surface area contributed by atoms with Gasteiger partial charge >= 0.3 is 0 Å². The van der Waals surface area contributed by atoms with Gasteiger partial charge < -0.3 is 25.1 Å². The van der Waals surface area contributed by atoms with Gasteiger partial charge in [0.05, 0.1) is 13.2 Å². The molecule has 2 aromatic carbocycles. The van der Waals surface area contributed by atoms with E-state index in [0.717, 1.165) is 42.5 Å². The SMILES string of the molecule is CN=C(NCCc1cc2ccccc2[nH]1)Nc1ccc2c(c1)OCCCO2.I. The van der Waals surface area contributed by atoms with E-state index in [2.05, 4.69) is 44.9 Å². The summed E-state index contributed by atoms with van der Waals surface area (Å²) in [5.74, 6) is 2.28. The van der Waals surface area contributed by atoms with E-state index >= 15 is 0 Å². The van der Waals surface area contributed by atoms with Crippen molar-refractivity contribution in [3.8, 4) is 11.5 Å². The molecule has 0 unspecified atom stereocenters. The van der Waals surface area contributed by atoms with Crippen LogP contribution in [0.25, 0.3) is 10.9 Å². The Morgan fingerprint density at radius 1 is 1.07 bits per heavy atom. The van der Waals surface area contributed by atoms with E-state index in [4.69, 9.17) is 9.47 Å². The van der Waals surface area contributed by atoms with Crippen molar-refractivity contribution in [2.75, 3.05) is 32.1 Å². The summed E-state index contributed by atoms with van der Waals surface area (Å²) in [6.07, 6.45) is 1.78. The minimum absolute atomic E-state index is 0. The molecule has 0 saturated carbocycles. The van der Waals surface area contributed by atoms with E-state index in [-0.39, 0.29) is 24.0 Å². The zero-order valence-corrected chi connectivity index (χ0v) is 18.2. The first-order valence-corrected chi connectivity index (χ1v) is 9.26. The molecular formula is C21H25IN4O2. The Labute approximate surface area is 181 Å². The molecule has 1 aliphatic heterocycles. The van der Waals surface area contributed by atoms with Gasteiger partial charge in [-0.05, 0) is 29.7 Å². The van der Waals surface area contributed by atoms with E-state index in [1.54, 1.807) is 7.05 Å². The number of aromatic amines is 1. The highest BCUT2D eigenvalue weighted by atomic mass is 127. The number of guanidine groups is 1. The number of ether oxygens (including phenoxy) is 2. The third-order valence-electron chi connectivity index (χ3n) is 4.51. The topological polar surface area (TPSA) is 70.7 Å². The lowest BCUT2D eigenvalue weighted by Crippen LogP contribution is -2.32. The molecule has 3 aromatic rings. The van der Waals surface area contributed by atoms with Crippen LogP contribution in [0, 0.1) is 0 Å². The van der Waals surface area contributed by atoms with Crippen molar-refractivity contribution in [3.05, 3.63) is 54.2 Å². The highest BCUT2D eigenvalue weighted by molar-refractivity contribution is 14.0. The Balaban J connectivity index is 0.00000225. The lowest BCUT2D eigenvalue weighted by atomic mass is 10.2. The van der Waals surface area contributed by atoms with E-state index in [1.165, 1.54) is 16.6 Å². The fraction of sp³-hybridized carbons (Fsp3) is 0.286. The molecule has 2 heterocycles. The van der Waals surface area contributed by atoms with Crippen LogP contribution in [0.4, 0.5) is 5.69 Å². The van der Waals surface area contributed by atoms with Gasteiger partial charge in [0, 0.05) is 49.4 Å². The van der Waals surface area contributed by atoms with Crippen LogP contribution in [-0.2, 0) is 6.42 Å². The largest absolute Gasteiger partial charge is 0.490 e. The summed E-state index contributed by atoms with van der Waals surface area (Å²) in [6, 6.07) is 16.4. The van der Waals surface area contributed by atoms with E-state index in [1.807, 2.05) is 24.3 Å². The van der Waals surface area contributed by atoms with Crippen molar-refractivity contribution in [3.63, 3.8) is 0 Å². The zero-order valence-electron chi connectivity index (χ0n) is 15.8. The summed E-state index contributed by atoms with van der Waals surface area (Å²) in [5.41, 5.74) is 3.29. The summed E-state index contributed by atoms with van der Waals surface area (Å²) in [5, 5.41) is 7.89. The number of hydrogen-bond donors (Lipinski definition) is 3. The molecular weight excluding hydrogens is 467 g/mol. The van der Waals surface area contributed by atoms with Gasteiger partial charge in [-0.15, -0.1) is 24.0 Å². The molecule has 148 valence electrons. The van der Waals surface area contributed by atoms with E-state index < -0.39 is 0 Å². The van der Waals surface area contributed by atoms with E-state index in [0.29, 0.717) is 13.2 Å². The van der Waals surface area contributed by atoms with Crippen LogP contribution in [0.1, 0.15) is 12.1 Å². The summed E-state index contributed by atoms with van der Waals surface area (Å²) in [6.45, 7) is 2.14. The first kappa shape index (κ1) is 20.3. The van der Waals surface area contributed by atoms with Crippen LogP contribution < -0.4 is 20.1 Å². The number of hydrogen-bond acceptors (Lipinski definition) is 3. The number of nitrogens with zero attached hydrogens (tertiary/aromatic N) is 1. The molecule has 3 N–H and O–H groups in total. The Morgan fingerprint density at radius 2 is 1.89 bits per heavy atom. The molecule has 0 fully saturated rings. The summed E-state index contributed by atoms with van der Waals surface area (Å²) < 4.78 is 11.4. The average molecular weight is 492 g/mol. The number of aromatic nitrogens is 1. The smallest absolute Gasteiger partial charge is 0.195 e. The van der Waals surface area contributed by atoms with Crippen LogP contribution in [0.5, 0.6) is 11.5 Å². The van der Waals surface area contributed by atoms with Gasteiger partial charge in [-0.25, -0.2) is 0 Å². The number of rotatable bonds is 4. The molecule has 0 saturated heterocycles. The molecule has 28 heavy (non-hydrogen) atoms. The number of aliphatic imine (C=N–C) groups is 1. The minimum atomic E-state index is 0. The second-order valence-electron chi connectivity index (χ2n) is 6.47. The molecule has 0 radical (unpaired) electrons. The highest BCUT2D eigenvalue weighted by Crippen LogP contribution is 2.32. The monoisotopic (exact) mass is 492 g/mol. The molecule has 0 aliphatic carbocycles. The number of benzene rings is 2. The average Bonchev–Trinajstić information content (AvgIpc) is 2.96. The van der Waals surface area contributed by atoms with Gasteiger partial charge in [0.25, 0.3) is 0 Å². The number of fused-ring (bicyclic) bond motifs is 2. The van der Waals surface area contributed by atoms with Gasteiger partial charge in [0.2, 0.25) is 0 Å². The zero-order chi connectivity index (χ0) is 18.5. The molecule has 4 rings (SSSR count). The molecule has 1 aromatic heterocycles. The number of halogens is 1. The van der Waals surface area contributed by atoms with Crippen LogP contribution in [0.2, 0.25) is 0 Å². The quantitative estimate of drug-likeness (QED) is 0.291. The minimum Gasteiger partial charge on any atom is -0.490 e. The highest BCUT2D eigenvalue weighted by Gasteiger charge is 2.11. The molecule has 7 heteroatoms. The maximum Gasteiger partial charge on any atom is 0.195 e. The number of para-hydroxylation sites is 1. The second kappa shape index (κ2) is 9.68. The Kier molecular flexibility index (Phi) is 7.02. The maximum absolute atomic E-state index is 5.74. The van der Waals surface area contributed by atoms with Crippen LogP contribution >= 0.6 is 24.0 Å². The lowest BCUT2D eigenvalue weighted by Gasteiger charge is -2.13. The van der Waals surface area contributed by atoms with Gasteiger partial charge in [-0.3, -0.25) is 4.99 Å². The third-order valence-corrected chi connectivity index (χ3v) is 4.51. The van der Waals surface area contributed by atoms with Gasteiger partial charge in [-0.1, -0.05) is 18.2 Å². The molecule has 0 spiro atoms. The Morgan fingerprint density at radius 3 is 2.71 bits per heavy atom. The van der Waals surface area contributed by atoms with Gasteiger partial charge in [0.15, 0.2) is 17.5 Å². The fourth-order valence-corrected chi connectivity index (χ4v) is 3.14. The van der Waals surface area contributed by atoms with Gasteiger partial charge in [-0.2, -0.15) is 0 Å². The molecule has 0 atom stereocenters. The van der Waals surface area contributed by atoms with Crippen LogP contribution in [0.3, 0.4) is 0 Å². The first-order chi connectivity index (χ1) is 13.3. The van der Waals surface area contributed by atoms with Crippen molar-refractivity contribution in [1.82, 2.24) is 10.3 Å². The van der Waals surface area contributed by atoms with E-state index in [9.17, 15) is 0 Å². The maximum atomic E-state index is 5.74. The van der Waals surface area contributed by atoms with Crippen molar-refractivity contribution < 1.29 is 9.47 Å². The van der Waals surface area contributed by atoms with Crippen molar-refractivity contribution in [2.24, 2.45) is 4.99 Å². The number of nitrogens with one attached hydrogen (secondary N) is 3. The fourth-order valence-electron chi connectivity index (χ4n) is 3.14. The van der Waals surface area contributed by atoms with Gasteiger partial charge in [0.1, 0.15) is 0 Å². The molecule has 0 bridgehead atoms. The lowest BCUT2D eigenvalue weighted by molar-refractivity contribution is 0.297. The Hall–Kier alpha value is -2.42. The van der Waals surface area contributed by atoms with Crippen LogP contribution in [0.15, 0.2) is 53.5 Å². The number of H-pyrrole nitrogens is 1. The summed E-state index contributed by atoms with van der Waals surface area (Å²) >= 11 is 0. The standard InChI is InChI=1S/C21H24N4O2.HI/c1-22-21(23-10-9-17-13-15-5-2-3-6-18(15)24-17)25-16-7-8-19-20(14-16)27-12-4-11-26-19;/h2-3,5-8,13-14,24H,4,9-12H2,1H3,(H2,22,23,25);1H. The molecule has 0 amide bonds. The number of anilines is 1. The Bertz CT molecular complexity index is 921. The third kappa shape index (κ3) is 4.89. The molecule has 6 nitrogen and oxygen atoms in total. The molecule has 1 aliphatic rings. The van der Waals surface area contributed by atoms with Crippen LogP contribution in [-0.4, -0.2) is 37.7 Å². The van der Waals surface area contributed by atoms with Crippen molar-refractivity contribution >= 4 is 46.5 Å². The summed E-state index contributed by atoms with van der Waals surface area (Å²) in [4.78, 5) is 7.75. The predicted octanol–water partition coefficient (Wildman–Crippen LogP) is 4.18.